The zero-order chi connectivity index (χ0) is 11.2. The first-order valence-corrected chi connectivity index (χ1v) is 6.28. The van der Waals surface area contributed by atoms with E-state index in [-0.39, 0.29) is 0 Å². The SMILES string of the molecule is Cc1cnn(CCNCC2CCCCN2)c1. The fraction of sp³-hybridized carbons (Fsp3) is 0.750. The normalized spacial score (nSPS) is 21.2. The van der Waals surface area contributed by atoms with Crippen LogP contribution in [0, 0.1) is 6.92 Å². The van der Waals surface area contributed by atoms with Gasteiger partial charge in [-0.15, -0.1) is 0 Å². The molecule has 1 aliphatic heterocycles. The molecule has 0 aliphatic carbocycles. The maximum absolute atomic E-state index is 4.26. The predicted molar refractivity (Wildman–Crippen MR) is 65.5 cm³/mol. The molecule has 0 bridgehead atoms. The number of aromatic nitrogens is 2. The first-order valence-electron chi connectivity index (χ1n) is 6.28. The Balaban J connectivity index is 1.57. The van der Waals surface area contributed by atoms with Gasteiger partial charge in [-0.1, -0.05) is 6.42 Å². The molecule has 0 amide bonds. The highest BCUT2D eigenvalue weighted by Crippen LogP contribution is 2.05. The number of hydrogen-bond acceptors (Lipinski definition) is 3. The monoisotopic (exact) mass is 222 g/mol. The number of nitrogens with zero attached hydrogens (tertiary/aromatic N) is 2. The van der Waals surface area contributed by atoms with Crippen LogP contribution in [0.1, 0.15) is 24.8 Å². The average Bonchev–Trinajstić information content (AvgIpc) is 2.72. The van der Waals surface area contributed by atoms with Crippen molar-refractivity contribution in [2.24, 2.45) is 0 Å². The Bertz CT molecular complexity index is 302. The van der Waals surface area contributed by atoms with Crippen molar-refractivity contribution in [3.63, 3.8) is 0 Å². The molecule has 4 nitrogen and oxygen atoms in total. The minimum absolute atomic E-state index is 0.674. The van der Waals surface area contributed by atoms with Crippen LogP contribution in [-0.4, -0.2) is 35.5 Å². The van der Waals surface area contributed by atoms with Crippen LogP contribution in [0.15, 0.2) is 12.4 Å². The van der Waals surface area contributed by atoms with Crippen LogP contribution in [0.5, 0.6) is 0 Å². The molecule has 90 valence electrons. The van der Waals surface area contributed by atoms with E-state index in [2.05, 4.69) is 28.9 Å². The number of aryl methyl sites for hydroxylation is 1. The summed E-state index contributed by atoms with van der Waals surface area (Å²) in [6, 6.07) is 0.674. The molecular formula is C12H22N4. The summed E-state index contributed by atoms with van der Waals surface area (Å²) in [5.74, 6) is 0. The Morgan fingerprint density at radius 2 is 2.50 bits per heavy atom. The number of hydrogen-bond donors (Lipinski definition) is 2. The van der Waals surface area contributed by atoms with E-state index in [0.717, 1.165) is 19.6 Å². The minimum atomic E-state index is 0.674. The van der Waals surface area contributed by atoms with Crippen LogP contribution in [0.3, 0.4) is 0 Å². The Kier molecular flexibility index (Phi) is 4.36. The van der Waals surface area contributed by atoms with Crippen LogP contribution in [0.4, 0.5) is 0 Å². The van der Waals surface area contributed by atoms with Gasteiger partial charge in [0, 0.05) is 25.3 Å². The lowest BCUT2D eigenvalue weighted by Gasteiger charge is -2.23. The van der Waals surface area contributed by atoms with Crippen molar-refractivity contribution in [1.29, 1.82) is 0 Å². The van der Waals surface area contributed by atoms with Crippen LogP contribution < -0.4 is 10.6 Å². The second kappa shape index (κ2) is 6.01. The van der Waals surface area contributed by atoms with E-state index < -0.39 is 0 Å². The van der Waals surface area contributed by atoms with Crippen LogP contribution in [0.2, 0.25) is 0 Å². The van der Waals surface area contributed by atoms with Gasteiger partial charge in [-0.3, -0.25) is 4.68 Å². The summed E-state index contributed by atoms with van der Waals surface area (Å²) in [4.78, 5) is 0. The molecule has 2 heterocycles. The number of rotatable bonds is 5. The molecule has 16 heavy (non-hydrogen) atoms. The molecule has 0 aromatic carbocycles. The molecule has 1 saturated heterocycles. The summed E-state index contributed by atoms with van der Waals surface area (Å²) in [5, 5.41) is 11.3. The van der Waals surface area contributed by atoms with Gasteiger partial charge >= 0.3 is 0 Å². The van der Waals surface area contributed by atoms with Crippen LogP contribution in [-0.2, 0) is 6.54 Å². The molecule has 1 unspecified atom stereocenters. The van der Waals surface area contributed by atoms with Crippen molar-refractivity contribution in [3.05, 3.63) is 18.0 Å². The first-order chi connectivity index (χ1) is 7.84. The van der Waals surface area contributed by atoms with E-state index in [4.69, 9.17) is 0 Å². The smallest absolute Gasteiger partial charge is 0.0534 e. The molecule has 0 spiro atoms. The lowest BCUT2D eigenvalue weighted by molar-refractivity contribution is 0.379. The highest BCUT2D eigenvalue weighted by molar-refractivity contribution is 4.99. The maximum atomic E-state index is 4.26. The number of nitrogens with one attached hydrogen (secondary N) is 2. The Labute approximate surface area is 97.4 Å². The van der Waals surface area contributed by atoms with Gasteiger partial charge in [0.05, 0.1) is 12.7 Å². The van der Waals surface area contributed by atoms with Gasteiger partial charge in [0.2, 0.25) is 0 Å². The molecular weight excluding hydrogens is 200 g/mol. The average molecular weight is 222 g/mol. The molecule has 1 aromatic rings. The summed E-state index contributed by atoms with van der Waals surface area (Å²) in [7, 11) is 0. The van der Waals surface area contributed by atoms with Gasteiger partial charge in [-0.2, -0.15) is 5.10 Å². The van der Waals surface area contributed by atoms with Crippen molar-refractivity contribution in [1.82, 2.24) is 20.4 Å². The van der Waals surface area contributed by atoms with E-state index in [1.54, 1.807) is 0 Å². The summed E-state index contributed by atoms with van der Waals surface area (Å²) < 4.78 is 2.00. The summed E-state index contributed by atoms with van der Waals surface area (Å²) >= 11 is 0. The Morgan fingerprint density at radius 3 is 3.19 bits per heavy atom. The predicted octanol–water partition coefficient (Wildman–Crippen LogP) is 0.923. The lowest BCUT2D eigenvalue weighted by Crippen LogP contribution is -2.42. The largest absolute Gasteiger partial charge is 0.313 e. The molecule has 0 radical (unpaired) electrons. The third kappa shape index (κ3) is 3.61. The van der Waals surface area contributed by atoms with E-state index in [9.17, 15) is 0 Å². The zero-order valence-corrected chi connectivity index (χ0v) is 10.1. The maximum Gasteiger partial charge on any atom is 0.0534 e. The summed E-state index contributed by atoms with van der Waals surface area (Å²) in [5.41, 5.74) is 1.23. The van der Waals surface area contributed by atoms with Gasteiger partial charge in [0.15, 0.2) is 0 Å². The van der Waals surface area contributed by atoms with Crippen molar-refractivity contribution in [2.45, 2.75) is 38.8 Å². The highest BCUT2D eigenvalue weighted by atomic mass is 15.3. The minimum Gasteiger partial charge on any atom is -0.313 e. The first kappa shape index (κ1) is 11.6. The van der Waals surface area contributed by atoms with Crippen LogP contribution >= 0.6 is 0 Å². The summed E-state index contributed by atoms with van der Waals surface area (Å²) in [6.07, 6.45) is 8.01. The van der Waals surface area contributed by atoms with Gasteiger partial charge in [0.25, 0.3) is 0 Å². The molecule has 2 N–H and O–H groups in total. The third-order valence-electron chi connectivity index (χ3n) is 3.08. The van der Waals surface area contributed by atoms with Gasteiger partial charge < -0.3 is 10.6 Å². The standard InChI is InChI=1S/C12H22N4/c1-11-8-15-16(10-11)7-6-13-9-12-4-2-3-5-14-12/h8,10,12-14H,2-7,9H2,1H3. The molecule has 1 fully saturated rings. The van der Waals surface area contributed by atoms with Gasteiger partial charge in [-0.25, -0.2) is 0 Å². The quantitative estimate of drug-likeness (QED) is 0.728. The van der Waals surface area contributed by atoms with Crippen molar-refractivity contribution in [3.8, 4) is 0 Å². The lowest BCUT2D eigenvalue weighted by atomic mass is 10.1. The molecule has 4 heteroatoms. The molecule has 2 rings (SSSR count). The van der Waals surface area contributed by atoms with Crippen LogP contribution in [0.25, 0.3) is 0 Å². The molecule has 1 aliphatic rings. The van der Waals surface area contributed by atoms with E-state index in [1.807, 2.05) is 10.9 Å². The Hall–Kier alpha value is -0.870. The van der Waals surface area contributed by atoms with Gasteiger partial charge in [0.1, 0.15) is 0 Å². The van der Waals surface area contributed by atoms with E-state index in [1.165, 1.54) is 31.4 Å². The summed E-state index contributed by atoms with van der Waals surface area (Å²) in [6.45, 7) is 6.30. The fourth-order valence-corrected chi connectivity index (χ4v) is 2.16. The van der Waals surface area contributed by atoms with E-state index in [0.29, 0.717) is 6.04 Å². The Morgan fingerprint density at radius 1 is 1.56 bits per heavy atom. The zero-order valence-electron chi connectivity index (χ0n) is 10.1. The van der Waals surface area contributed by atoms with Crippen molar-refractivity contribution in [2.75, 3.05) is 19.6 Å². The molecule has 0 saturated carbocycles. The second-order valence-corrected chi connectivity index (χ2v) is 4.63. The number of piperidine rings is 1. The molecule has 1 aromatic heterocycles. The third-order valence-corrected chi connectivity index (χ3v) is 3.08. The van der Waals surface area contributed by atoms with Crippen molar-refractivity contribution < 1.29 is 0 Å². The molecule has 1 atom stereocenters. The van der Waals surface area contributed by atoms with Gasteiger partial charge in [-0.05, 0) is 31.9 Å². The second-order valence-electron chi connectivity index (χ2n) is 4.63. The van der Waals surface area contributed by atoms with E-state index >= 15 is 0 Å². The topological polar surface area (TPSA) is 41.9 Å². The van der Waals surface area contributed by atoms with Crippen molar-refractivity contribution >= 4 is 0 Å². The highest BCUT2D eigenvalue weighted by Gasteiger charge is 2.10. The fourth-order valence-electron chi connectivity index (χ4n) is 2.16.